The molecular formula is C22H23FN2O4. The fourth-order valence-corrected chi connectivity index (χ4v) is 3.74. The number of carboxylic acid groups (broad SMARTS) is 1. The largest absolute Gasteiger partial charge is 0.481 e. The highest BCUT2D eigenvalue weighted by molar-refractivity contribution is 6.00. The Balaban J connectivity index is 1.68. The third kappa shape index (κ3) is 4.80. The van der Waals surface area contributed by atoms with Gasteiger partial charge in [0.2, 0.25) is 5.91 Å². The Morgan fingerprint density at radius 3 is 2.17 bits per heavy atom. The van der Waals surface area contributed by atoms with Crippen molar-refractivity contribution in [2.75, 3.05) is 11.9 Å². The van der Waals surface area contributed by atoms with E-state index >= 15 is 0 Å². The first-order valence-corrected chi connectivity index (χ1v) is 9.58. The molecule has 29 heavy (non-hydrogen) atoms. The summed E-state index contributed by atoms with van der Waals surface area (Å²) in [6.07, 6.45) is 3.12. The lowest BCUT2D eigenvalue weighted by Crippen LogP contribution is -2.38. The Morgan fingerprint density at radius 1 is 0.966 bits per heavy atom. The summed E-state index contributed by atoms with van der Waals surface area (Å²) in [5.41, 5.74) is 1.07. The van der Waals surface area contributed by atoms with E-state index in [0.717, 1.165) is 18.4 Å². The van der Waals surface area contributed by atoms with Gasteiger partial charge in [0, 0.05) is 17.8 Å². The highest BCUT2D eigenvalue weighted by atomic mass is 19.1. The molecule has 1 aliphatic carbocycles. The number of hydrogen-bond acceptors (Lipinski definition) is 3. The molecule has 152 valence electrons. The SMILES string of the molecule is O=C(O)CCNC(=O)c1ccc(NC(=O)C2(c3ccc(F)cc3)CCCC2)cc1. The minimum Gasteiger partial charge on any atom is -0.481 e. The molecule has 3 rings (SSSR count). The maximum atomic E-state index is 13.3. The zero-order valence-corrected chi connectivity index (χ0v) is 15.9. The maximum absolute atomic E-state index is 13.3. The molecule has 0 unspecified atom stereocenters. The monoisotopic (exact) mass is 398 g/mol. The first-order chi connectivity index (χ1) is 13.9. The standard InChI is InChI=1S/C22H23FN2O4/c23-17-7-5-16(6-8-17)22(12-1-2-13-22)21(29)25-18-9-3-15(4-10-18)20(28)24-14-11-19(26)27/h3-10H,1-2,11-14H2,(H,24,28)(H,25,29)(H,26,27). The fourth-order valence-electron chi connectivity index (χ4n) is 3.74. The Kier molecular flexibility index (Phi) is 6.26. The van der Waals surface area contributed by atoms with Crippen LogP contribution in [-0.2, 0) is 15.0 Å². The summed E-state index contributed by atoms with van der Waals surface area (Å²) in [5.74, 6) is -1.83. The topological polar surface area (TPSA) is 95.5 Å². The van der Waals surface area contributed by atoms with E-state index in [1.807, 2.05) is 0 Å². The van der Waals surface area contributed by atoms with E-state index in [9.17, 15) is 18.8 Å². The third-order valence-corrected chi connectivity index (χ3v) is 5.32. The molecule has 2 aromatic carbocycles. The quantitative estimate of drug-likeness (QED) is 0.665. The van der Waals surface area contributed by atoms with Crippen molar-refractivity contribution in [2.45, 2.75) is 37.5 Å². The Morgan fingerprint density at radius 2 is 1.59 bits per heavy atom. The normalized spacial score (nSPS) is 14.9. The molecule has 0 atom stereocenters. The average Bonchev–Trinajstić information content (AvgIpc) is 3.20. The highest BCUT2D eigenvalue weighted by Crippen LogP contribution is 2.42. The minimum absolute atomic E-state index is 0.0485. The molecule has 7 heteroatoms. The molecule has 0 bridgehead atoms. The summed E-state index contributed by atoms with van der Waals surface area (Å²) in [6, 6.07) is 12.5. The van der Waals surface area contributed by atoms with Gasteiger partial charge in [-0.05, 0) is 54.8 Å². The molecule has 0 radical (unpaired) electrons. The summed E-state index contributed by atoms with van der Waals surface area (Å²) in [6.45, 7) is 0.0485. The number of carbonyl (C=O) groups excluding carboxylic acids is 2. The second kappa shape index (κ2) is 8.86. The van der Waals surface area contributed by atoms with Gasteiger partial charge in [0.1, 0.15) is 5.82 Å². The predicted molar refractivity (Wildman–Crippen MR) is 106 cm³/mol. The number of carboxylic acids is 1. The number of anilines is 1. The number of nitrogens with one attached hydrogen (secondary N) is 2. The molecule has 0 aromatic heterocycles. The van der Waals surface area contributed by atoms with Gasteiger partial charge in [-0.3, -0.25) is 14.4 Å². The fraction of sp³-hybridized carbons (Fsp3) is 0.318. The minimum atomic E-state index is -0.981. The van der Waals surface area contributed by atoms with E-state index in [0.29, 0.717) is 24.1 Å². The number of halogens is 1. The van der Waals surface area contributed by atoms with Gasteiger partial charge in [0.15, 0.2) is 0 Å². The second-order valence-corrected chi connectivity index (χ2v) is 7.23. The molecule has 6 nitrogen and oxygen atoms in total. The van der Waals surface area contributed by atoms with Crippen LogP contribution in [0.3, 0.4) is 0 Å². The molecule has 1 aliphatic rings. The van der Waals surface area contributed by atoms with E-state index in [2.05, 4.69) is 10.6 Å². The molecule has 1 fully saturated rings. The van der Waals surface area contributed by atoms with Crippen LogP contribution in [0.25, 0.3) is 0 Å². The summed E-state index contributed by atoms with van der Waals surface area (Å²) in [5, 5.41) is 14.1. The van der Waals surface area contributed by atoms with Gasteiger partial charge in [-0.2, -0.15) is 0 Å². The molecule has 3 N–H and O–H groups in total. The Hall–Kier alpha value is -3.22. The lowest BCUT2D eigenvalue weighted by Gasteiger charge is -2.28. The number of aliphatic carboxylic acids is 1. The van der Waals surface area contributed by atoms with Crippen LogP contribution in [0, 0.1) is 5.82 Å². The van der Waals surface area contributed by atoms with E-state index < -0.39 is 11.4 Å². The van der Waals surface area contributed by atoms with Crippen molar-refractivity contribution in [3.8, 4) is 0 Å². The van der Waals surface area contributed by atoms with Crippen LogP contribution in [0.4, 0.5) is 10.1 Å². The van der Waals surface area contributed by atoms with E-state index in [1.54, 1.807) is 36.4 Å². The first-order valence-electron chi connectivity index (χ1n) is 9.58. The average molecular weight is 398 g/mol. The van der Waals surface area contributed by atoms with Gasteiger partial charge in [-0.15, -0.1) is 0 Å². The van der Waals surface area contributed by atoms with Crippen molar-refractivity contribution in [2.24, 2.45) is 0 Å². The van der Waals surface area contributed by atoms with Gasteiger partial charge < -0.3 is 15.7 Å². The van der Waals surface area contributed by atoms with Gasteiger partial charge in [-0.25, -0.2) is 4.39 Å². The van der Waals surface area contributed by atoms with Crippen molar-refractivity contribution >= 4 is 23.5 Å². The van der Waals surface area contributed by atoms with Crippen molar-refractivity contribution < 1.29 is 23.9 Å². The zero-order valence-electron chi connectivity index (χ0n) is 15.9. The third-order valence-electron chi connectivity index (χ3n) is 5.32. The number of benzene rings is 2. The van der Waals surface area contributed by atoms with Crippen LogP contribution in [-0.4, -0.2) is 29.4 Å². The molecular weight excluding hydrogens is 375 g/mol. The Bertz CT molecular complexity index is 888. The van der Waals surface area contributed by atoms with Crippen LogP contribution in [0.5, 0.6) is 0 Å². The highest BCUT2D eigenvalue weighted by Gasteiger charge is 2.42. The van der Waals surface area contributed by atoms with Crippen molar-refractivity contribution in [1.29, 1.82) is 0 Å². The first kappa shape index (κ1) is 20.5. The number of carbonyl (C=O) groups is 3. The van der Waals surface area contributed by atoms with Gasteiger partial charge >= 0.3 is 5.97 Å². The zero-order chi connectivity index (χ0) is 20.9. The molecule has 1 saturated carbocycles. The van der Waals surface area contributed by atoms with Crippen molar-refractivity contribution in [3.63, 3.8) is 0 Å². The van der Waals surface area contributed by atoms with E-state index in [-0.39, 0.29) is 30.6 Å². The molecule has 0 heterocycles. The Labute approximate surface area is 168 Å². The molecule has 2 amide bonds. The summed E-state index contributed by atoms with van der Waals surface area (Å²) >= 11 is 0. The molecule has 0 aliphatic heterocycles. The number of rotatable bonds is 7. The smallest absolute Gasteiger partial charge is 0.305 e. The van der Waals surface area contributed by atoms with Gasteiger partial charge in [-0.1, -0.05) is 25.0 Å². The van der Waals surface area contributed by atoms with E-state index in [1.165, 1.54) is 12.1 Å². The van der Waals surface area contributed by atoms with Gasteiger partial charge in [0.05, 0.1) is 11.8 Å². The van der Waals surface area contributed by atoms with Crippen molar-refractivity contribution in [1.82, 2.24) is 5.32 Å². The maximum Gasteiger partial charge on any atom is 0.305 e. The van der Waals surface area contributed by atoms with E-state index in [4.69, 9.17) is 5.11 Å². The summed E-state index contributed by atoms with van der Waals surface area (Å²) in [7, 11) is 0. The number of amides is 2. The molecule has 0 spiro atoms. The summed E-state index contributed by atoms with van der Waals surface area (Å²) in [4.78, 5) is 35.6. The number of hydrogen-bond donors (Lipinski definition) is 3. The van der Waals surface area contributed by atoms with Gasteiger partial charge in [0.25, 0.3) is 5.91 Å². The van der Waals surface area contributed by atoms with Crippen LogP contribution in [0.15, 0.2) is 48.5 Å². The molecule has 0 saturated heterocycles. The summed E-state index contributed by atoms with van der Waals surface area (Å²) < 4.78 is 13.3. The van der Waals surface area contributed by atoms with Crippen LogP contribution < -0.4 is 10.6 Å². The van der Waals surface area contributed by atoms with Crippen LogP contribution >= 0.6 is 0 Å². The second-order valence-electron chi connectivity index (χ2n) is 7.23. The van der Waals surface area contributed by atoms with Crippen LogP contribution in [0.1, 0.15) is 48.0 Å². The lowest BCUT2D eigenvalue weighted by molar-refractivity contribution is -0.136. The van der Waals surface area contributed by atoms with Crippen molar-refractivity contribution in [3.05, 3.63) is 65.5 Å². The van der Waals surface area contributed by atoms with Crippen LogP contribution in [0.2, 0.25) is 0 Å². The predicted octanol–water partition coefficient (Wildman–Crippen LogP) is 3.48. The lowest BCUT2D eigenvalue weighted by atomic mass is 9.78. The molecule has 2 aromatic rings.